The first kappa shape index (κ1) is 10.6. The predicted molar refractivity (Wildman–Crippen MR) is 60.7 cm³/mol. The van der Waals surface area contributed by atoms with Crippen molar-refractivity contribution in [3.05, 3.63) is 47.7 Å². The Morgan fingerprint density at radius 1 is 1.31 bits per heavy atom. The highest BCUT2D eigenvalue weighted by molar-refractivity contribution is 5.97. The van der Waals surface area contributed by atoms with E-state index in [4.69, 9.17) is 0 Å². The second-order valence-electron chi connectivity index (χ2n) is 3.89. The highest BCUT2D eigenvalue weighted by atomic mass is 16.1. The number of rotatable bonds is 2. The second kappa shape index (κ2) is 4.31. The molecule has 3 nitrogen and oxygen atoms in total. The summed E-state index contributed by atoms with van der Waals surface area (Å²) in [4.78, 5) is 22.8. The number of ketones is 1. The molecule has 82 valence electrons. The quantitative estimate of drug-likeness (QED) is 0.817. The van der Waals surface area contributed by atoms with Crippen molar-refractivity contribution in [3.8, 4) is 0 Å². The standard InChI is InChI=1S/C13H13NO2/c1-9(15)12-8-14-13(16)7-11(12)10-5-3-2-4-6-10/h2-6,8,11H,7H2,1H3,(H,14,16)/t11-/m0/s1. The van der Waals surface area contributed by atoms with Crippen LogP contribution in [0.4, 0.5) is 0 Å². The van der Waals surface area contributed by atoms with Crippen LogP contribution in [-0.4, -0.2) is 11.7 Å². The molecule has 0 fully saturated rings. The van der Waals surface area contributed by atoms with Crippen LogP contribution in [0.3, 0.4) is 0 Å². The van der Waals surface area contributed by atoms with E-state index in [1.165, 1.54) is 13.1 Å². The molecule has 3 heteroatoms. The van der Waals surface area contributed by atoms with Gasteiger partial charge in [-0.2, -0.15) is 0 Å². The number of hydrogen-bond donors (Lipinski definition) is 1. The number of carbonyl (C=O) groups is 2. The maximum absolute atomic E-state index is 11.5. The first-order valence-corrected chi connectivity index (χ1v) is 5.24. The molecule has 16 heavy (non-hydrogen) atoms. The normalized spacial score (nSPS) is 19.9. The van der Waals surface area contributed by atoms with Gasteiger partial charge in [0.25, 0.3) is 0 Å². The summed E-state index contributed by atoms with van der Waals surface area (Å²) in [6.45, 7) is 1.53. The van der Waals surface area contributed by atoms with Crippen molar-refractivity contribution in [2.75, 3.05) is 0 Å². The molecular formula is C13H13NO2. The number of hydrogen-bond acceptors (Lipinski definition) is 2. The Kier molecular flexibility index (Phi) is 2.86. The molecule has 1 aromatic carbocycles. The summed E-state index contributed by atoms with van der Waals surface area (Å²) in [5.41, 5.74) is 1.68. The highest BCUT2D eigenvalue weighted by Crippen LogP contribution is 2.30. The minimum atomic E-state index is -0.104. The Labute approximate surface area is 94.2 Å². The summed E-state index contributed by atoms with van der Waals surface area (Å²) >= 11 is 0. The molecule has 0 aliphatic carbocycles. The zero-order valence-corrected chi connectivity index (χ0v) is 9.07. The monoisotopic (exact) mass is 215 g/mol. The van der Waals surface area contributed by atoms with Gasteiger partial charge >= 0.3 is 0 Å². The zero-order valence-electron chi connectivity index (χ0n) is 9.07. The molecule has 0 saturated carbocycles. The van der Waals surface area contributed by atoms with Crippen LogP contribution in [0.5, 0.6) is 0 Å². The topological polar surface area (TPSA) is 46.2 Å². The summed E-state index contributed by atoms with van der Waals surface area (Å²) in [5, 5.41) is 2.59. The van der Waals surface area contributed by atoms with Crippen LogP contribution < -0.4 is 5.32 Å². The number of Topliss-reactive ketones (excluding diaryl/α,β-unsaturated/α-hetero) is 1. The van der Waals surface area contributed by atoms with Gasteiger partial charge in [0.1, 0.15) is 0 Å². The molecule has 0 saturated heterocycles. The SMILES string of the molecule is CC(=O)C1=CNC(=O)C[C@H]1c1ccccc1. The second-order valence-corrected chi connectivity index (χ2v) is 3.89. The molecule has 1 N–H and O–H groups in total. The summed E-state index contributed by atoms with van der Waals surface area (Å²) < 4.78 is 0. The molecule has 1 atom stereocenters. The molecule has 0 spiro atoms. The molecule has 1 heterocycles. The van der Waals surface area contributed by atoms with Gasteiger partial charge in [-0.3, -0.25) is 9.59 Å². The smallest absolute Gasteiger partial charge is 0.224 e. The lowest BCUT2D eigenvalue weighted by Crippen LogP contribution is -2.29. The van der Waals surface area contributed by atoms with Crippen LogP contribution in [0, 0.1) is 0 Å². The fourth-order valence-corrected chi connectivity index (χ4v) is 1.94. The van der Waals surface area contributed by atoms with E-state index < -0.39 is 0 Å². The third-order valence-electron chi connectivity index (χ3n) is 2.76. The number of benzene rings is 1. The average Bonchev–Trinajstić information content (AvgIpc) is 2.29. The Morgan fingerprint density at radius 2 is 2.00 bits per heavy atom. The fraction of sp³-hybridized carbons (Fsp3) is 0.231. The minimum Gasteiger partial charge on any atom is -0.332 e. The first-order valence-electron chi connectivity index (χ1n) is 5.24. The molecule has 0 bridgehead atoms. The Morgan fingerprint density at radius 3 is 2.62 bits per heavy atom. The van der Waals surface area contributed by atoms with E-state index in [0.717, 1.165) is 5.56 Å². The van der Waals surface area contributed by atoms with E-state index in [2.05, 4.69) is 5.32 Å². The third-order valence-corrected chi connectivity index (χ3v) is 2.76. The fourth-order valence-electron chi connectivity index (χ4n) is 1.94. The third kappa shape index (κ3) is 2.03. The van der Waals surface area contributed by atoms with E-state index in [-0.39, 0.29) is 17.6 Å². The van der Waals surface area contributed by atoms with Crippen molar-refractivity contribution >= 4 is 11.7 Å². The average molecular weight is 215 g/mol. The predicted octanol–water partition coefficient (Wildman–Crippen LogP) is 1.76. The lowest BCUT2D eigenvalue weighted by atomic mass is 9.85. The van der Waals surface area contributed by atoms with Gasteiger partial charge in [0.05, 0.1) is 0 Å². The number of allylic oxidation sites excluding steroid dienone is 1. The van der Waals surface area contributed by atoms with Gasteiger partial charge in [0.15, 0.2) is 5.78 Å². The minimum absolute atomic E-state index is 0.00820. The Hall–Kier alpha value is -1.90. The van der Waals surface area contributed by atoms with Gasteiger partial charge in [0.2, 0.25) is 5.91 Å². The van der Waals surface area contributed by atoms with Crippen molar-refractivity contribution in [2.24, 2.45) is 0 Å². The van der Waals surface area contributed by atoms with Crippen LogP contribution in [0.1, 0.15) is 24.8 Å². The van der Waals surface area contributed by atoms with Crippen molar-refractivity contribution in [2.45, 2.75) is 19.3 Å². The molecule has 1 amide bonds. The lowest BCUT2D eigenvalue weighted by molar-refractivity contribution is -0.121. The van der Waals surface area contributed by atoms with Crippen molar-refractivity contribution in [3.63, 3.8) is 0 Å². The van der Waals surface area contributed by atoms with Crippen molar-refractivity contribution in [1.82, 2.24) is 5.32 Å². The van der Waals surface area contributed by atoms with Gasteiger partial charge in [-0.25, -0.2) is 0 Å². The number of amides is 1. The summed E-state index contributed by atoms with van der Waals surface area (Å²) in [6, 6.07) is 9.64. The van der Waals surface area contributed by atoms with Crippen LogP contribution in [0.15, 0.2) is 42.1 Å². The van der Waals surface area contributed by atoms with Gasteiger partial charge in [-0.05, 0) is 12.5 Å². The van der Waals surface area contributed by atoms with Crippen LogP contribution in [0.25, 0.3) is 0 Å². The summed E-state index contributed by atoms with van der Waals surface area (Å²) in [7, 11) is 0. The zero-order chi connectivity index (χ0) is 11.5. The molecule has 2 rings (SSSR count). The van der Waals surface area contributed by atoms with Crippen LogP contribution in [-0.2, 0) is 9.59 Å². The van der Waals surface area contributed by atoms with Crippen LogP contribution >= 0.6 is 0 Å². The van der Waals surface area contributed by atoms with E-state index in [1.54, 1.807) is 0 Å². The molecule has 0 unspecified atom stereocenters. The summed E-state index contributed by atoms with van der Waals surface area (Å²) in [6.07, 6.45) is 1.88. The van der Waals surface area contributed by atoms with Gasteiger partial charge in [0, 0.05) is 24.1 Å². The number of nitrogens with one attached hydrogen (secondary N) is 1. The number of carbonyl (C=O) groups excluding carboxylic acids is 2. The Balaban J connectivity index is 2.38. The molecule has 1 aromatic rings. The van der Waals surface area contributed by atoms with E-state index in [0.29, 0.717) is 12.0 Å². The largest absolute Gasteiger partial charge is 0.332 e. The maximum atomic E-state index is 11.5. The molecular weight excluding hydrogens is 202 g/mol. The van der Waals surface area contributed by atoms with Crippen molar-refractivity contribution in [1.29, 1.82) is 0 Å². The molecule has 0 radical (unpaired) electrons. The highest BCUT2D eigenvalue weighted by Gasteiger charge is 2.26. The van der Waals surface area contributed by atoms with E-state index in [1.807, 2.05) is 30.3 Å². The van der Waals surface area contributed by atoms with E-state index in [9.17, 15) is 9.59 Å². The summed E-state index contributed by atoms with van der Waals surface area (Å²) in [5.74, 6) is -0.139. The molecule has 1 aliphatic heterocycles. The lowest BCUT2D eigenvalue weighted by Gasteiger charge is -2.22. The van der Waals surface area contributed by atoms with Crippen LogP contribution in [0.2, 0.25) is 0 Å². The van der Waals surface area contributed by atoms with Gasteiger partial charge in [-0.1, -0.05) is 30.3 Å². The first-order chi connectivity index (χ1) is 7.68. The van der Waals surface area contributed by atoms with Gasteiger partial charge < -0.3 is 5.32 Å². The van der Waals surface area contributed by atoms with Crippen molar-refractivity contribution < 1.29 is 9.59 Å². The van der Waals surface area contributed by atoms with E-state index >= 15 is 0 Å². The Bertz CT molecular complexity index is 448. The molecule has 0 aromatic heterocycles. The van der Waals surface area contributed by atoms with Gasteiger partial charge in [-0.15, -0.1) is 0 Å². The maximum Gasteiger partial charge on any atom is 0.224 e. The molecule has 1 aliphatic rings.